The number of ether oxygens (including phenoxy) is 2. The maximum absolute atomic E-state index is 11.9. The van der Waals surface area contributed by atoms with E-state index in [1.807, 2.05) is 30.3 Å². The molecule has 3 aromatic rings. The molecule has 0 fully saturated rings. The SMILES string of the molecule is COc1ncc(-c2ccc3nc(N)c(CNC(=O)OC(C)(C)C)cc3c2)cc1N. The molecule has 3 rings (SSSR count). The van der Waals surface area contributed by atoms with Gasteiger partial charge in [-0.3, -0.25) is 0 Å². The normalized spacial score (nSPS) is 11.3. The Balaban J connectivity index is 1.87. The van der Waals surface area contributed by atoms with Crippen molar-refractivity contribution >= 4 is 28.5 Å². The predicted molar refractivity (Wildman–Crippen MR) is 113 cm³/mol. The minimum absolute atomic E-state index is 0.213. The van der Waals surface area contributed by atoms with Crippen LogP contribution in [0.4, 0.5) is 16.3 Å². The summed E-state index contributed by atoms with van der Waals surface area (Å²) < 4.78 is 10.4. The third-order valence-corrected chi connectivity index (χ3v) is 4.15. The molecule has 2 heterocycles. The largest absolute Gasteiger partial charge is 0.480 e. The summed E-state index contributed by atoms with van der Waals surface area (Å²) in [6.07, 6.45) is 1.19. The molecule has 8 heteroatoms. The van der Waals surface area contributed by atoms with Gasteiger partial charge in [0, 0.05) is 29.3 Å². The van der Waals surface area contributed by atoms with Crippen LogP contribution in [0.2, 0.25) is 0 Å². The maximum atomic E-state index is 11.9. The summed E-state index contributed by atoms with van der Waals surface area (Å²) in [6, 6.07) is 9.49. The number of carbonyl (C=O) groups is 1. The molecule has 0 aliphatic rings. The smallest absolute Gasteiger partial charge is 0.407 e. The van der Waals surface area contributed by atoms with Gasteiger partial charge in [0.2, 0.25) is 5.88 Å². The van der Waals surface area contributed by atoms with E-state index in [2.05, 4.69) is 15.3 Å². The number of nitrogens with one attached hydrogen (secondary N) is 1. The molecule has 0 bridgehead atoms. The number of methoxy groups -OCH3 is 1. The van der Waals surface area contributed by atoms with E-state index in [1.165, 1.54) is 7.11 Å². The first kappa shape index (κ1) is 20.2. The van der Waals surface area contributed by atoms with Crippen molar-refractivity contribution in [3.8, 4) is 17.0 Å². The lowest BCUT2D eigenvalue weighted by Gasteiger charge is -2.19. The lowest BCUT2D eigenvalue weighted by Crippen LogP contribution is -2.32. The number of nitrogens with two attached hydrogens (primary N) is 2. The highest BCUT2D eigenvalue weighted by Gasteiger charge is 2.16. The minimum atomic E-state index is -0.569. The first-order valence-electron chi connectivity index (χ1n) is 9.12. The van der Waals surface area contributed by atoms with E-state index >= 15 is 0 Å². The Morgan fingerprint density at radius 2 is 1.90 bits per heavy atom. The van der Waals surface area contributed by atoms with Crippen molar-refractivity contribution in [3.63, 3.8) is 0 Å². The molecule has 5 N–H and O–H groups in total. The zero-order valence-electron chi connectivity index (χ0n) is 16.9. The van der Waals surface area contributed by atoms with E-state index in [0.29, 0.717) is 22.9 Å². The van der Waals surface area contributed by atoms with E-state index in [-0.39, 0.29) is 6.54 Å². The summed E-state index contributed by atoms with van der Waals surface area (Å²) in [5.41, 5.74) is 15.2. The molecule has 0 aliphatic heterocycles. The van der Waals surface area contributed by atoms with Crippen LogP contribution in [0.15, 0.2) is 36.5 Å². The van der Waals surface area contributed by atoms with Crippen LogP contribution in [-0.4, -0.2) is 28.8 Å². The topological polar surface area (TPSA) is 125 Å². The highest BCUT2D eigenvalue weighted by atomic mass is 16.6. The lowest BCUT2D eigenvalue weighted by atomic mass is 10.0. The molecule has 0 atom stereocenters. The Morgan fingerprint density at radius 3 is 2.55 bits per heavy atom. The molecule has 0 aliphatic carbocycles. The summed E-state index contributed by atoms with van der Waals surface area (Å²) in [5.74, 6) is 0.746. The number of alkyl carbamates (subject to hydrolysis) is 1. The molecule has 152 valence electrons. The van der Waals surface area contributed by atoms with E-state index < -0.39 is 11.7 Å². The van der Waals surface area contributed by atoms with Crippen LogP contribution < -0.4 is 21.5 Å². The Labute approximate surface area is 169 Å². The second-order valence-electron chi connectivity index (χ2n) is 7.62. The van der Waals surface area contributed by atoms with Crippen molar-refractivity contribution in [3.05, 3.63) is 42.1 Å². The van der Waals surface area contributed by atoms with Crippen molar-refractivity contribution < 1.29 is 14.3 Å². The van der Waals surface area contributed by atoms with Gasteiger partial charge in [0.25, 0.3) is 0 Å². The molecule has 0 radical (unpaired) electrons. The van der Waals surface area contributed by atoms with Gasteiger partial charge in [0.15, 0.2) is 0 Å². The van der Waals surface area contributed by atoms with Gasteiger partial charge in [-0.1, -0.05) is 6.07 Å². The number of hydrogen-bond donors (Lipinski definition) is 3. The van der Waals surface area contributed by atoms with E-state index in [4.69, 9.17) is 20.9 Å². The molecule has 29 heavy (non-hydrogen) atoms. The predicted octanol–water partition coefficient (Wildman–Crippen LogP) is 3.49. The van der Waals surface area contributed by atoms with Crippen molar-refractivity contribution in [2.24, 2.45) is 0 Å². The van der Waals surface area contributed by atoms with Gasteiger partial charge in [-0.2, -0.15) is 0 Å². The Bertz CT molecular complexity index is 1060. The average Bonchev–Trinajstić information content (AvgIpc) is 2.64. The zero-order chi connectivity index (χ0) is 21.2. The van der Waals surface area contributed by atoms with Crippen LogP contribution in [0, 0.1) is 0 Å². The Kier molecular flexibility index (Phi) is 5.45. The summed E-state index contributed by atoms with van der Waals surface area (Å²) in [4.78, 5) is 20.6. The second kappa shape index (κ2) is 7.83. The van der Waals surface area contributed by atoms with Gasteiger partial charge >= 0.3 is 6.09 Å². The van der Waals surface area contributed by atoms with E-state index in [0.717, 1.165) is 22.0 Å². The number of carbonyl (C=O) groups excluding carboxylic acids is 1. The first-order chi connectivity index (χ1) is 13.7. The molecule has 0 saturated heterocycles. The summed E-state index contributed by atoms with van der Waals surface area (Å²) in [7, 11) is 1.53. The molecule has 2 aromatic heterocycles. The van der Waals surface area contributed by atoms with Crippen LogP contribution >= 0.6 is 0 Å². The van der Waals surface area contributed by atoms with Gasteiger partial charge in [-0.15, -0.1) is 0 Å². The number of hydrogen-bond acceptors (Lipinski definition) is 7. The first-order valence-corrected chi connectivity index (χ1v) is 9.12. The number of fused-ring (bicyclic) bond motifs is 1. The number of anilines is 2. The Hall–Kier alpha value is -3.55. The third-order valence-electron chi connectivity index (χ3n) is 4.15. The standard InChI is InChI=1S/C21H25N5O3/c1-21(2,3)29-20(27)25-11-15-8-13-7-12(5-6-17(13)26-18(15)23)14-9-16(22)19(28-4)24-10-14/h5-10H,11,22H2,1-4H3,(H2,23,26)(H,25,27). The van der Waals surface area contributed by atoms with Crippen LogP contribution in [0.5, 0.6) is 5.88 Å². The number of rotatable bonds is 4. The molecule has 1 amide bonds. The van der Waals surface area contributed by atoms with E-state index in [1.54, 1.807) is 27.0 Å². The molecule has 0 saturated carbocycles. The fourth-order valence-electron chi connectivity index (χ4n) is 2.84. The summed E-state index contributed by atoms with van der Waals surface area (Å²) in [5, 5.41) is 3.59. The molecule has 0 spiro atoms. The van der Waals surface area contributed by atoms with Crippen LogP contribution in [0.25, 0.3) is 22.0 Å². The number of aromatic nitrogens is 2. The number of amides is 1. The lowest BCUT2D eigenvalue weighted by molar-refractivity contribution is 0.0523. The Morgan fingerprint density at radius 1 is 1.14 bits per heavy atom. The quantitative estimate of drug-likeness (QED) is 0.617. The highest BCUT2D eigenvalue weighted by molar-refractivity contribution is 5.87. The van der Waals surface area contributed by atoms with Gasteiger partial charge in [0.1, 0.15) is 11.4 Å². The van der Waals surface area contributed by atoms with Crippen molar-refractivity contribution in [2.75, 3.05) is 18.6 Å². The minimum Gasteiger partial charge on any atom is -0.480 e. The number of nitrogen functional groups attached to an aromatic ring is 2. The van der Waals surface area contributed by atoms with Crippen LogP contribution in [0.3, 0.4) is 0 Å². The third kappa shape index (κ3) is 4.84. The fourth-order valence-corrected chi connectivity index (χ4v) is 2.84. The van der Waals surface area contributed by atoms with Crippen molar-refractivity contribution in [1.29, 1.82) is 0 Å². The number of pyridine rings is 2. The second-order valence-corrected chi connectivity index (χ2v) is 7.62. The van der Waals surface area contributed by atoms with Crippen LogP contribution in [0.1, 0.15) is 26.3 Å². The molecular formula is C21H25N5O3. The monoisotopic (exact) mass is 395 g/mol. The highest BCUT2D eigenvalue weighted by Crippen LogP contribution is 2.29. The van der Waals surface area contributed by atoms with E-state index in [9.17, 15) is 4.79 Å². The van der Waals surface area contributed by atoms with Gasteiger partial charge < -0.3 is 26.3 Å². The molecule has 1 aromatic carbocycles. The maximum Gasteiger partial charge on any atom is 0.407 e. The van der Waals surface area contributed by atoms with Gasteiger partial charge in [-0.05, 0) is 50.6 Å². The average molecular weight is 395 g/mol. The molecule has 0 unspecified atom stereocenters. The number of nitrogens with zero attached hydrogens (tertiary/aromatic N) is 2. The zero-order valence-corrected chi connectivity index (χ0v) is 16.9. The number of benzene rings is 1. The van der Waals surface area contributed by atoms with Crippen molar-refractivity contribution in [2.45, 2.75) is 32.9 Å². The van der Waals surface area contributed by atoms with Crippen molar-refractivity contribution in [1.82, 2.24) is 15.3 Å². The molecular weight excluding hydrogens is 370 g/mol. The fraction of sp³-hybridized carbons (Fsp3) is 0.286. The van der Waals surface area contributed by atoms with Gasteiger partial charge in [-0.25, -0.2) is 14.8 Å². The van der Waals surface area contributed by atoms with Gasteiger partial charge in [0.05, 0.1) is 18.3 Å². The summed E-state index contributed by atoms with van der Waals surface area (Å²) in [6.45, 7) is 5.63. The summed E-state index contributed by atoms with van der Waals surface area (Å²) >= 11 is 0. The van der Waals surface area contributed by atoms with Crippen LogP contribution in [-0.2, 0) is 11.3 Å². The molecule has 8 nitrogen and oxygen atoms in total.